The highest BCUT2D eigenvalue weighted by molar-refractivity contribution is 7.89. The molecule has 0 saturated heterocycles. The van der Waals surface area contributed by atoms with E-state index in [0.29, 0.717) is 31.9 Å². The highest BCUT2D eigenvalue weighted by atomic mass is 35.5. The van der Waals surface area contributed by atoms with Crippen LogP contribution >= 0.6 is 11.6 Å². The van der Waals surface area contributed by atoms with E-state index in [0.717, 1.165) is 12.0 Å². The number of benzene rings is 1. The molecule has 0 atom stereocenters. The van der Waals surface area contributed by atoms with Crippen molar-refractivity contribution in [1.82, 2.24) is 9.21 Å². The monoisotopic (exact) mass is 332 g/mol. The topological polar surface area (TPSA) is 40.6 Å². The first kappa shape index (κ1) is 18.4. The molecule has 0 heterocycles. The third-order valence-corrected chi connectivity index (χ3v) is 5.35. The molecule has 0 unspecified atom stereocenters. The third kappa shape index (κ3) is 7.27. The number of rotatable bonds is 10. The van der Waals surface area contributed by atoms with Gasteiger partial charge >= 0.3 is 0 Å². The molecule has 0 N–H and O–H groups in total. The van der Waals surface area contributed by atoms with E-state index >= 15 is 0 Å². The summed E-state index contributed by atoms with van der Waals surface area (Å²) in [6, 6.07) is 9.70. The van der Waals surface area contributed by atoms with Crippen LogP contribution in [0.4, 0.5) is 0 Å². The van der Waals surface area contributed by atoms with Gasteiger partial charge in [0.1, 0.15) is 0 Å². The molecule has 1 aromatic rings. The average molecular weight is 333 g/mol. The first-order valence-corrected chi connectivity index (χ1v) is 9.32. The summed E-state index contributed by atoms with van der Waals surface area (Å²) in [7, 11) is 0.650. The van der Waals surface area contributed by atoms with Gasteiger partial charge in [0.25, 0.3) is 0 Å². The summed E-state index contributed by atoms with van der Waals surface area (Å²) in [5.74, 6) is 0.673. The zero-order chi connectivity index (χ0) is 15.7. The minimum absolute atomic E-state index is 0.167. The Bertz CT molecular complexity index is 492. The van der Waals surface area contributed by atoms with Gasteiger partial charge in [-0.2, -0.15) is 4.31 Å². The molecule has 4 nitrogen and oxygen atoms in total. The largest absolute Gasteiger partial charge is 0.308 e. The van der Waals surface area contributed by atoms with Gasteiger partial charge in [0, 0.05) is 25.5 Å². The smallest absolute Gasteiger partial charge is 0.214 e. The fourth-order valence-corrected chi connectivity index (χ4v) is 3.64. The lowest BCUT2D eigenvalue weighted by Gasteiger charge is -2.24. The number of sulfonamides is 1. The Hall–Kier alpha value is -0.620. The predicted molar refractivity (Wildman–Crippen MR) is 89.1 cm³/mol. The molecular formula is C15H25ClN2O2S. The molecule has 1 rings (SSSR count). The highest BCUT2D eigenvalue weighted by Gasteiger charge is 2.21. The second-order valence-electron chi connectivity index (χ2n) is 5.33. The number of hydrogen-bond donors (Lipinski definition) is 0. The molecule has 21 heavy (non-hydrogen) atoms. The molecule has 0 aliphatic carbocycles. The summed E-state index contributed by atoms with van der Waals surface area (Å²) in [5, 5.41) is 0. The third-order valence-electron chi connectivity index (χ3n) is 3.18. The fourth-order valence-electron chi connectivity index (χ4n) is 1.92. The molecule has 1 aromatic carbocycles. The summed E-state index contributed by atoms with van der Waals surface area (Å²) >= 11 is 5.63. The van der Waals surface area contributed by atoms with Crippen molar-refractivity contribution in [2.75, 3.05) is 38.8 Å². The van der Waals surface area contributed by atoms with E-state index in [1.807, 2.05) is 49.3 Å². The maximum absolute atomic E-state index is 12.5. The Morgan fingerprint density at radius 1 is 1.05 bits per heavy atom. The van der Waals surface area contributed by atoms with Gasteiger partial charge in [0.2, 0.25) is 10.0 Å². The Balaban J connectivity index is 2.75. The molecule has 0 aliphatic rings. The molecule has 0 bridgehead atoms. The van der Waals surface area contributed by atoms with Gasteiger partial charge in [-0.25, -0.2) is 8.42 Å². The van der Waals surface area contributed by atoms with Gasteiger partial charge in [-0.1, -0.05) is 30.3 Å². The number of alkyl halides is 1. The summed E-state index contributed by atoms with van der Waals surface area (Å²) in [6.07, 6.45) is 1.34. The van der Waals surface area contributed by atoms with Gasteiger partial charge in [-0.3, -0.25) is 0 Å². The van der Waals surface area contributed by atoms with Crippen molar-refractivity contribution in [3.8, 4) is 0 Å². The van der Waals surface area contributed by atoms with Crippen molar-refractivity contribution < 1.29 is 8.42 Å². The molecule has 0 saturated carbocycles. The number of hydrogen-bond acceptors (Lipinski definition) is 3. The van der Waals surface area contributed by atoms with E-state index in [2.05, 4.69) is 0 Å². The molecule has 0 radical (unpaired) electrons. The molecule has 0 aliphatic heterocycles. The van der Waals surface area contributed by atoms with E-state index in [9.17, 15) is 8.42 Å². The summed E-state index contributed by atoms with van der Waals surface area (Å²) in [6.45, 7) is 1.64. The van der Waals surface area contributed by atoms with Crippen molar-refractivity contribution in [2.24, 2.45) is 0 Å². The van der Waals surface area contributed by atoms with E-state index in [-0.39, 0.29) is 5.75 Å². The van der Waals surface area contributed by atoms with E-state index in [4.69, 9.17) is 11.6 Å². The molecule has 6 heteroatoms. The van der Waals surface area contributed by atoms with Crippen LogP contribution in [0.15, 0.2) is 30.3 Å². The quantitative estimate of drug-likeness (QED) is 0.488. The number of nitrogens with zero attached hydrogens (tertiary/aromatic N) is 2. The highest BCUT2D eigenvalue weighted by Crippen LogP contribution is 2.11. The van der Waals surface area contributed by atoms with Crippen LogP contribution in [-0.4, -0.2) is 56.4 Å². The van der Waals surface area contributed by atoms with E-state index in [1.54, 1.807) is 4.31 Å². The lowest BCUT2D eigenvalue weighted by molar-refractivity contribution is 0.329. The van der Waals surface area contributed by atoms with Crippen LogP contribution in [0.5, 0.6) is 0 Å². The zero-order valence-corrected chi connectivity index (χ0v) is 14.4. The Kier molecular flexibility index (Phi) is 8.26. The minimum atomic E-state index is -3.24. The molecule has 0 spiro atoms. The lowest BCUT2D eigenvalue weighted by Crippen LogP contribution is -2.37. The summed E-state index contributed by atoms with van der Waals surface area (Å²) < 4.78 is 26.6. The average Bonchev–Trinajstić information content (AvgIpc) is 2.44. The summed E-state index contributed by atoms with van der Waals surface area (Å²) in [4.78, 5) is 1.99. The van der Waals surface area contributed by atoms with Gasteiger partial charge in [-0.15, -0.1) is 11.6 Å². The lowest BCUT2D eigenvalue weighted by atomic mass is 10.2. The van der Waals surface area contributed by atoms with Gasteiger partial charge in [0.15, 0.2) is 0 Å². The number of unbranched alkanes of at least 4 members (excludes halogenated alkanes) is 1. The number of halogens is 1. The fraction of sp³-hybridized carbons (Fsp3) is 0.600. The van der Waals surface area contributed by atoms with Gasteiger partial charge in [0.05, 0.1) is 5.75 Å². The van der Waals surface area contributed by atoms with Crippen molar-refractivity contribution in [3.05, 3.63) is 35.9 Å². The molecule has 0 amide bonds. The van der Waals surface area contributed by atoms with Gasteiger partial charge < -0.3 is 4.90 Å². The minimum Gasteiger partial charge on any atom is -0.308 e. The second-order valence-corrected chi connectivity index (χ2v) is 7.80. The van der Waals surface area contributed by atoms with Crippen LogP contribution in [0.1, 0.15) is 18.4 Å². The Morgan fingerprint density at radius 3 is 2.29 bits per heavy atom. The van der Waals surface area contributed by atoms with Crippen LogP contribution < -0.4 is 0 Å². The molecular weight excluding hydrogens is 308 g/mol. The Labute approximate surface area is 133 Å². The van der Waals surface area contributed by atoms with Crippen molar-refractivity contribution in [3.63, 3.8) is 0 Å². The van der Waals surface area contributed by atoms with Crippen LogP contribution in [-0.2, 0) is 16.6 Å². The van der Waals surface area contributed by atoms with Crippen molar-refractivity contribution in [1.29, 1.82) is 0 Å². The summed E-state index contributed by atoms with van der Waals surface area (Å²) in [5.41, 5.74) is 1.01. The zero-order valence-electron chi connectivity index (χ0n) is 12.8. The normalized spacial score (nSPS) is 12.2. The SMILES string of the molecule is CN(C)CCN(Cc1ccccc1)S(=O)(=O)CCCCCl. The molecule has 120 valence electrons. The van der Waals surface area contributed by atoms with Crippen LogP contribution in [0, 0.1) is 0 Å². The maximum Gasteiger partial charge on any atom is 0.214 e. The first-order valence-electron chi connectivity index (χ1n) is 7.18. The van der Waals surface area contributed by atoms with Crippen LogP contribution in [0.25, 0.3) is 0 Å². The van der Waals surface area contributed by atoms with E-state index in [1.165, 1.54) is 0 Å². The van der Waals surface area contributed by atoms with Crippen molar-refractivity contribution >= 4 is 21.6 Å². The standard InChI is InChI=1S/C15H25ClN2O2S/c1-17(2)11-12-18(14-15-8-4-3-5-9-15)21(19,20)13-7-6-10-16/h3-5,8-9H,6-7,10-14H2,1-2H3. The van der Waals surface area contributed by atoms with Crippen LogP contribution in [0.2, 0.25) is 0 Å². The molecule has 0 aromatic heterocycles. The second kappa shape index (κ2) is 9.41. The predicted octanol–water partition coefficient (Wildman–Crippen LogP) is 2.40. The molecule has 0 fully saturated rings. The van der Waals surface area contributed by atoms with Crippen molar-refractivity contribution in [2.45, 2.75) is 19.4 Å². The van der Waals surface area contributed by atoms with E-state index < -0.39 is 10.0 Å². The van der Waals surface area contributed by atoms with Crippen LogP contribution in [0.3, 0.4) is 0 Å². The maximum atomic E-state index is 12.5. The van der Waals surface area contributed by atoms with Gasteiger partial charge in [-0.05, 0) is 32.5 Å². The number of likely N-dealkylation sites (N-methyl/N-ethyl adjacent to an activating group) is 1. The Morgan fingerprint density at radius 2 is 1.71 bits per heavy atom. The first-order chi connectivity index (χ1) is 9.95.